The summed E-state index contributed by atoms with van der Waals surface area (Å²) >= 11 is 0. The zero-order valence-corrected chi connectivity index (χ0v) is 15.4. The molecule has 8 heteroatoms. The molecule has 1 aliphatic heterocycles. The Morgan fingerprint density at radius 2 is 1.96 bits per heavy atom. The quantitative estimate of drug-likeness (QED) is 0.801. The highest BCUT2D eigenvalue weighted by molar-refractivity contribution is 7.91. The van der Waals surface area contributed by atoms with Gasteiger partial charge in [0.2, 0.25) is 5.91 Å². The van der Waals surface area contributed by atoms with Crippen LogP contribution in [-0.4, -0.2) is 62.6 Å². The first-order chi connectivity index (χ1) is 10.4. The number of amides is 2. The van der Waals surface area contributed by atoms with Crippen LogP contribution in [0, 0.1) is 11.8 Å². The Morgan fingerprint density at radius 1 is 1.35 bits per heavy atom. The first-order valence-corrected chi connectivity index (χ1v) is 9.64. The highest BCUT2D eigenvalue weighted by atomic mass is 32.2. The number of nitrogens with zero attached hydrogens (tertiary/aromatic N) is 1. The molecule has 0 aliphatic carbocycles. The van der Waals surface area contributed by atoms with Crippen LogP contribution in [0.5, 0.6) is 0 Å². The Bertz CT molecular complexity index is 539. The second kappa shape index (κ2) is 7.51. The largest absolute Gasteiger partial charge is 0.444 e. The van der Waals surface area contributed by atoms with Crippen molar-refractivity contribution < 1.29 is 22.7 Å². The van der Waals surface area contributed by atoms with Gasteiger partial charge in [-0.15, -0.1) is 0 Å². The number of ether oxygens (including phenoxy) is 1. The van der Waals surface area contributed by atoms with Crippen LogP contribution in [-0.2, 0) is 19.4 Å². The van der Waals surface area contributed by atoms with Gasteiger partial charge >= 0.3 is 6.09 Å². The fourth-order valence-corrected chi connectivity index (χ4v) is 4.11. The predicted molar refractivity (Wildman–Crippen MR) is 87.8 cm³/mol. The normalized spacial score (nSPS) is 21.5. The van der Waals surface area contributed by atoms with Crippen molar-refractivity contribution in [3.8, 4) is 0 Å². The lowest BCUT2D eigenvalue weighted by atomic mass is 10.1. The summed E-state index contributed by atoms with van der Waals surface area (Å²) in [5.41, 5.74) is -0.545. The van der Waals surface area contributed by atoms with Crippen LogP contribution in [0.1, 0.15) is 34.1 Å². The fraction of sp³-hybridized carbons (Fsp3) is 0.867. The highest BCUT2D eigenvalue weighted by Gasteiger charge is 2.33. The monoisotopic (exact) mass is 348 g/mol. The first-order valence-electron chi connectivity index (χ1n) is 7.82. The molecule has 23 heavy (non-hydrogen) atoms. The molecule has 0 saturated carbocycles. The van der Waals surface area contributed by atoms with Crippen molar-refractivity contribution in [3.05, 3.63) is 0 Å². The van der Waals surface area contributed by atoms with Gasteiger partial charge in [-0.2, -0.15) is 0 Å². The molecule has 1 fully saturated rings. The molecule has 2 atom stereocenters. The Balaban J connectivity index is 2.35. The molecule has 1 rings (SSSR count). The van der Waals surface area contributed by atoms with Crippen LogP contribution in [0.25, 0.3) is 0 Å². The van der Waals surface area contributed by atoms with Gasteiger partial charge in [-0.05, 0) is 33.1 Å². The Labute approximate surface area is 138 Å². The molecule has 1 N–H and O–H groups in total. The molecule has 0 aromatic carbocycles. The van der Waals surface area contributed by atoms with Gasteiger partial charge in [-0.1, -0.05) is 6.92 Å². The number of rotatable bonds is 5. The molecule has 1 aliphatic rings. The Hall–Kier alpha value is -1.31. The van der Waals surface area contributed by atoms with Gasteiger partial charge < -0.3 is 15.0 Å². The Morgan fingerprint density at radius 3 is 2.43 bits per heavy atom. The summed E-state index contributed by atoms with van der Waals surface area (Å²) in [7, 11) is -1.41. The first kappa shape index (κ1) is 19.7. The number of carbonyl (C=O) groups excluding carboxylic acids is 2. The lowest BCUT2D eigenvalue weighted by Gasteiger charge is -2.26. The number of hydrogen-bond acceptors (Lipinski definition) is 5. The topological polar surface area (TPSA) is 92.8 Å². The maximum atomic E-state index is 12.0. The molecule has 1 saturated heterocycles. The molecule has 0 unspecified atom stereocenters. The van der Waals surface area contributed by atoms with Crippen LogP contribution >= 0.6 is 0 Å². The minimum absolute atomic E-state index is 0.0366. The van der Waals surface area contributed by atoms with Crippen molar-refractivity contribution >= 4 is 21.8 Å². The van der Waals surface area contributed by atoms with E-state index < -0.39 is 27.4 Å². The van der Waals surface area contributed by atoms with Crippen molar-refractivity contribution in [1.29, 1.82) is 0 Å². The summed E-state index contributed by atoms with van der Waals surface area (Å²) in [5.74, 6) is -0.615. The molecule has 2 amide bonds. The summed E-state index contributed by atoms with van der Waals surface area (Å²) < 4.78 is 28.0. The maximum absolute atomic E-state index is 12.0. The summed E-state index contributed by atoms with van der Waals surface area (Å²) in [6.45, 7) is 8.15. The molecule has 0 radical (unpaired) electrons. The molecule has 1 heterocycles. The summed E-state index contributed by atoms with van der Waals surface area (Å²) in [4.78, 5) is 25.3. The van der Waals surface area contributed by atoms with E-state index in [2.05, 4.69) is 5.32 Å². The number of sulfone groups is 1. The van der Waals surface area contributed by atoms with E-state index in [1.807, 2.05) is 6.92 Å². The molecule has 0 aromatic rings. The summed E-state index contributed by atoms with van der Waals surface area (Å²) in [6, 6.07) is 0. The third kappa shape index (κ3) is 7.20. The molecule has 0 aromatic heterocycles. The van der Waals surface area contributed by atoms with Gasteiger partial charge in [0, 0.05) is 20.1 Å². The van der Waals surface area contributed by atoms with Crippen molar-refractivity contribution in [2.75, 3.05) is 31.6 Å². The average molecular weight is 348 g/mol. The van der Waals surface area contributed by atoms with Crippen molar-refractivity contribution in [2.24, 2.45) is 11.8 Å². The molecular weight excluding hydrogens is 320 g/mol. The lowest BCUT2D eigenvalue weighted by Crippen LogP contribution is -2.40. The molecule has 134 valence electrons. The van der Waals surface area contributed by atoms with Crippen molar-refractivity contribution in [2.45, 2.75) is 39.7 Å². The van der Waals surface area contributed by atoms with E-state index in [0.29, 0.717) is 19.5 Å². The van der Waals surface area contributed by atoms with E-state index in [1.54, 1.807) is 27.8 Å². The fourth-order valence-electron chi connectivity index (χ4n) is 2.37. The van der Waals surface area contributed by atoms with Crippen molar-refractivity contribution in [1.82, 2.24) is 10.2 Å². The van der Waals surface area contributed by atoms with Gasteiger partial charge in [0.25, 0.3) is 0 Å². The zero-order chi connectivity index (χ0) is 17.8. The zero-order valence-electron chi connectivity index (χ0n) is 14.6. The van der Waals surface area contributed by atoms with Gasteiger partial charge in [0.1, 0.15) is 5.60 Å². The van der Waals surface area contributed by atoms with E-state index in [1.165, 1.54) is 4.90 Å². The maximum Gasteiger partial charge on any atom is 0.410 e. The Kier molecular flexibility index (Phi) is 6.44. The molecule has 0 bridgehead atoms. The molecule has 7 nitrogen and oxygen atoms in total. The SMILES string of the molecule is C[C@@H](CNC(=O)[C@@H]1CCS(=O)(=O)C1)CN(C)C(=O)OC(C)(C)C. The van der Waals surface area contributed by atoms with Gasteiger partial charge in [0.05, 0.1) is 17.4 Å². The molecule has 0 spiro atoms. The van der Waals surface area contributed by atoms with Crippen LogP contribution in [0.4, 0.5) is 4.79 Å². The minimum atomic E-state index is -3.06. The second-order valence-corrected chi connectivity index (χ2v) is 9.54. The van der Waals surface area contributed by atoms with Crippen molar-refractivity contribution in [3.63, 3.8) is 0 Å². The summed E-state index contributed by atoms with van der Waals surface area (Å²) in [6.07, 6.45) is -0.0158. The van der Waals surface area contributed by atoms with E-state index >= 15 is 0 Å². The average Bonchev–Trinajstić information content (AvgIpc) is 2.74. The van der Waals surface area contributed by atoms with E-state index in [4.69, 9.17) is 4.74 Å². The third-order valence-electron chi connectivity index (χ3n) is 3.52. The smallest absolute Gasteiger partial charge is 0.410 e. The molecular formula is C15H28N2O5S. The number of hydrogen-bond donors (Lipinski definition) is 1. The van der Waals surface area contributed by atoms with Gasteiger partial charge in [-0.25, -0.2) is 13.2 Å². The predicted octanol–water partition coefficient (Wildman–Crippen LogP) is 1.04. The van der Waals surface area contributed by atoms with Gasteiger partial charge in [0.15, 0.2) is 9.84 Å². The standard InChI is InChI=1S/C15H28N2O5S/c1-11(9-17(5)14(19)22-15(2,3)4)8-16-13(18)12-6-7-23(20,21)10-12/h11-12H,6-10H2,1-5H3,(H,16,18)/t11-,12+/m0/s1. The van der Waals surface area contributed by atoms with Crippen LogP contribution in [0.2, 0.25) is 0 Å². The lowest BCUT2D eigenvalue weighted by molar-refractivity contribution is -0.124. The third-order valence-corrected chi connectivity index (χ3v) is 5.29. The van der Waals surface area contributed by atoms with Crippen LogP contribution in [0.3, 0.4) is 0 Å². The van der Waals surface area contributed by atoms with Gasteiger partial charge in [-0.3, -0.25) is 4.79 Å². The second-order valence-electron chi connectivity index (χ2n) is 7.31. The van der Waals surface area contributed by atoms with Crippen LogP contribution in [0.15, 0.2) is 0 Å². The van der Waals surface area contributed by atoms with E-state index in [0.717, 1.165) is 0 Å². The highest BCUT2D eigenvalue weighted by Crippen LogP contribution is 2.18. The minimum Gasteiger partial charge on any atom is -0.444 e. The number of carbonyl (C=O) groups is 2. The summed E-state index contributed by atoms with van der Waals surface area (Å²) in [5, 5.41) is 2.77. The number of nitrogens with one attached hydrogen (secondary N) is 1. The van der Waals surface area contributed by atoms with Crippen LogP contribution < -0.4 is 5.32 Å². The van der Waals surface area contributed by atoms with E-state index in [-0.39, 0.29) is 23.3 Å². The van der Waals surface area contributed by atoms with E-state index in [9.17, 15) is 18.0 Å².